The predicted octanol–water partition coefficient (Wildman–Crippen LogP) is 5.88. The first-order valence-electron chi connectivity index (χ1n) is 9.66. The molecule has 0 fully saturated rings. The van der Waals surface area contributed by atoms with Gasteiger partial charge in [0.15, 0.2) is 0 Å². The Kier molecular flexibility index (Phi) is 5.91. The van der Waals surface area contributed by atoms with Crippen molar-refractivity contribution in [2.24, 2.45) is 0 Å². The molecule has 0 bridgehead atoms. The maximum absolute atomic E-state index is 12.8. The number of carbonyl (C=O) groups is 1. The summed E-state index contributed by atoms with van der Waals surface area (Å²) in [6.07, 6.45) is 4.33. The molecule has 0 aliphatic heterocycles. The van der Waals surface area contributed by atoms with Crippen LogP contribution in [0.1, 0.15) is 23.4 Å². The summed E-state index contributed by atoms with van der Waals surface area (Å²) in [5.41, 5.74) is 5.00. The molecule has 2 aromatic heterocycles. The highest BCUT2D eigenvalue weighted by molar-refractivity contribution is 6.32. The molecule has 1 N–H and O–H groups in total. The Bertz CT molecular complexity index is 1130. The number of rotatable bonds is 6. The van der Waals surface area contributed by atoms with Crippen LogP contribution >= 0.6 is 11.6 Å². The molecule has 1 atom stereocenters. The number of pyridine rings is 1. The Balaban J connectivity index is 1.71. The lowest BCUT2D eigenvalue weighted by atomic mass is 10.0. The molecule has 1 amide bonds. The van der Waals surface area contributed by atoms with E-state index in [1.165, 1.54) is 5.56 Å². The van der Waals surface area contributed by atoms with Crippen LogP contribution in [0.5, 0.6) is 0 Å². The van der Waals surface area contributed by atoms with Gasteiger partial charge in [-0.1, -0.05) is 66.7 Å². The van der Waals surface area contributed by atoms with Crippen molar-refractivity contribution in [3.05, 3.63) is 90.3 Å². The standard InChI is InChI=1S/C24H20ClN3O2/c1-2-16-8-10-19(11-9-16)22-20(17-12-14-26-15-13-17)24(30-28-22)27-23(29)21(25)18-6-4-3-5-7-18/h3-15,21H,2H2,1H3,(H,27,29). The van der Waals surface area contributed by atoms with Gasteiger partial charge in [0, 0.05) is 18.0 Å². The smallest absolute Gasteiger partial charge is 0.249 e. The molecule has 0 aliphatic rings. The number of benzene rings is 2. The van der Waals surface area contributed by atoms with E-state index < -0.39 is 5.38 Å². The van der Waals surface area contributed by atoms with Gasteiger partial charge in [0.2, 0.25) is 11.8 Å². The van der Waals surface area contributed by atoms with Crippen molar-refractivity contribution < 1.29 is 9.32 Å². The minimum atomic E-state index is -0.853. The van der Waals surface area contributed by atoms with E-state index in [1.807, 2.05) is 54.6 Å². The average molecular weight is 418 g/mol. The van der Waals surface area contributed by atoms with Crippen LogP contribution in [0.2, 0.25) is 0 Å². The second-order valence-corrected chi connectivity index (χ2v) is 7.22. The summed E-state index contributed by atoms with van der Waals surface area (Å²) >= 11 is 6.38. The summed E-state index contributed by atoms with van der Waals surface area (Å²) in [5.74, 6) is -0.135. The van der Waals surface area contributed by atoms with Gasteiger partial charge in [-0.05, 0) is 35.2 Å². The van der Waals surface area contributed by atoms with Gasteiger partial charge in [-0.3, -0.25) is 15.1 Å². The fourth-order valence-electron chi connectivity index (χ4n) is 3.21. The molecule has 4 aromatic rings. The Morgan fingerprint density at radius 1 is 1.00 bits per heavy atom. The summed E-state index contributed by atoms with van der Waals surface area (Å²) in [6.45, 7) is 2.11. The van der Waals surface area contributed by atoms with Gasteiger partial charge < -0.3 is 4.52 Å². The number of nitrogens with zero attached hydrogens (tertiary/aromatic N) is 2. The van der Waals surface area contributed by atoms with Crippen molar-refractivity contribution in [2.45, 2.75) is 18.7 Å². The highest BCUT2D eigenvalue weighted by Crippen LogP contribution is 2.38. The van der Waals surface area contributed by atoms with Gasteiger partial charge in [-0.2, -0.15) is 0 Å². The first-order valence-corrected chi connectivity index (χ1v) is 10.1. The number of hydrogen-bond acceptors (Lipinski definition) is 4. The Hall–Kier alpha value is -3.44. The van der Waals surface area contributed by atoms with Crippen LogP contribution in [-0.2, 0) is 11.2 Å². The van der Waals surface area contributed by atoms with Crippen molar-refractivity contribution in [3.63, 3.8) is 0 Å². The molecule has 0 aliphatic carbocycles. The van der Waals surface area contributed by atoms with Crippen LogP contribution in [0.3, 0.4) is 0 Å². The molecule has 0 radical (unpaired) electrons. The summed E-state index contributed by atoms with van der Waals surface area (Å²) in [4.78, 5) is 16.9. The molecule has 2 heterocycles. The molecule has 0 saturated heterocycles. The van der Waals surface area contributed by atoms with Crippen LogP contribution in [0.15, 0.2) is 83.6 Å². The van der Waals surface area contributed by atoms with Crippen LogP contribution in [0, 0.1) is 0 Å². The van der Waals surface area contributed by atoms with E-state index in [0.29, 0.717) is 16.8 Å². The fourth-order valence-corrected chi connectivity index (χ4v) is 3.41. The number of carbonyl (C=O) groups excluding carboxylic acids is 1. The number of nitrogens with one attached hydrogen (secondary N) is 1. The molecule has 0 saturated carbocycles. The molecule has 0 spiro atoms. The highest BCUT2D eigenvalue weighted by Gasteiger charge is 2.24. The summed E-state index contributed by atoms with van der Waals surface area (Å²) in [6, 6.07) is 21.0. The Labute approximate surface area is 179 Å². The normalized spacial score (nSPS) is 11.8. The van der Waals surface area contributed by atoms with E-state index in [2.05, 4.69) is 34.5 Å². The van der Waals surface area contributed by atoms with E-state index in [4.69, 9.17) is 16.1 Å². The van der Waals surface area contributed by atoms with Crippen molar-refractivity contribution in [1.29, 1.82) is 0 Å². The third kappa shape index (κ3) is 4.11. The van der Waals surface area contributed by atoms with Gasteiger partial charge in [-0.25, -0.2) is 0 Å². The van der Waals surface area contributed by atoms with E-state index >= 15 is 0 Å². The maximum atomic E-state index is 12.8. The molecule has 6 heteroatoms. The third-order valence-corrected chi connectivity index (χ3v) is 5.31. The SMILES string of the molecule is CCc1ccc(-c2noc(NC(=O)C(Cl)c3ccccc3)c2-c2ccncc2)cc1. The molecule has 30 heavy (non-hydrogen) atoms. The number of hydrogen-bond donors (Lipinski definition) is 1. The van der Waals surface area contributed by atoms with Crippen molar-refractivity contribution in [2.75, 3.05) is 5.32 Å². The number of alkyl halides is 1. The highest BCUT2D eigenvalue weighted by atomic mass is 35.5. The zero-order valence-corrected chi connectivity index (χ0v) is 17.1. The molecule has 1 unspecified atom stereocenters. The lowest BCUT2D eigenvalue weighted by Crippen LogP contribution is -2.17. The second kappa shape index (κ2) is 8.93. The second-order valence-electron chi connectivity index (χ2n) is 6.78. The number of amides is 1. The van der Waals surface area contributed by atoms with E-state index in [0.717, 1.165) is 17.5 Å². The van der Waals surface area contributed by atoms with Gasteiger partial charge in [0.25, 0.3) is 0 Å². The molecular formula is C24H20ClN3O2. The number of aromatic nitrogens is 2. The summed E-state index contributed by atoms with van der Waals surface area (Å²) < 4.78 is 5.56. The minimum absolute atomic E-state index is 0.252. The Morgan fingerprint density at radius 2 is 1.70 bits per heavy atom. The lowest BCUT2D eigenvalue weighted by Gasteiger charge is -2.10. The van der Waals surface area contributed by atoms with Gasteiger partial charge >= 0.3 is 0 Å². The van der Waals surface area contributed by atoms with E-state index in [1.54, 1.807) is 12.4 Å². The van der Waals surface area contributed by atoms with Crippen molar-refractivity contribution in [3.8, 4) is 22.4 Å². The van der Waals surface area contributed by atoms with Crippen molar-refractivity contribution >= 4 is 23.4 Å². The first kappa shape index (κ1) is 19.9. The Morgan fingerprint density at radius 3 is 2.37 bits per heavy atom. The molecule has 4 rings (SSSR count). The average Bonchev–Trinajstić information content (AvgIpc) is 3.23. The third-order valence-electron chi connectivity index (χ3n) is 4.86. The van der Waals surface area contributed by atoms with Crippen LogP contribution in [0.25, 0.3) is 22.4 Å². The number of halogens is 1. The first-order chi connectivity index (χ1) is 14.7. The maximum Gasteiger partial charge on any atom is 0.249 e. The van der Waals surface area contributed by atoms with E-state index in [9.17, 15) is 4.79 Å². The fraction of sp³-hybridized carbons (Fsp3) is 0.125. The zero-order chi connectivity index (χ0) is 20.9. The molecule has 5 nitrogen and oxygen atoms in total. The van der Waals surface area contributed by atoms with Gasteiger partial charge in [-0.15, -0.1) is 11.6 Å². The molecule has 2 aromatic carbocycles. The van der Waals surface area contributed by atoms with Crippen LogP contribution < -0.4 is 5.32 Å². The summed E-state index contributed by atoms with van der Waals surface area (Å²) in [5, 5.41) is 6.20. The van der Waals surface area contributed by atoms with Crippen molar-refractivity contribution in [1.82, 2.24) is 10.1 Å². The van der Waals surface area contributed by atoms with Crippen LogP contribution in [0.4, 0.5) is 5.88 Å². The van der Waals surface area contributed by atoms with Gasteiger partial charge in [0.05, 0.1) is 5.56 Å². The quantitative estimate of drug-likeness (QED) is 0.397. The largest absolute Gasteiger partial charge is 0.337 e. The lowest BCUT2D eigenvalue weighted by molar-refractivity contribution is -0.116. The van der Waals surface area contributed by atoms with Crippen LogP contribution in [-0.4, -0.2) is 16.0 Å². The number of aryl methyl sites for hydroxylation is 1. The van der Waals surface area contributed by atoms with Gasteiger partial charge in [0.1, 0.15) is 11.1 Å². The molecule has 150 valence electrons. The minimum Gasteiger partial charge on any atom is -0.337 e. The zero-order valence-electron chi connectivity index (χ0n) is 16.4. The molecular weight excluding hydrogens is 398 g/mol. The van der Waals surface area contributed by atoms with E-state index in [-0.39, 0.29) is 11.8 Å². The number of anilines is 1. The predicted molar refractivity (Wildman–Crippen MR) is 118 cm³/mol. The summed E-state index contributed by atoms with van der Waals surface area (Å²) in [7, 11) is 0. The topological polar surface area (TPSA) is 68.0 Å². The monoisotopic (exact) mass is 417 g/mol.